The molecule has 10 heteroatoms. The second-order valence-corrected chi connectivity index (χ2v) is 10.5. The number of anilines is 2. The molecule has 2 aromatic carbocycles. The zero-order valence-corrected chi connectivity index (χ0v) is 20.3. The molecule has 1 amide bonds. The van der Waals surface area contributed by atoms with Crippen LogP contribution in [0.4, 0.5) is 24.7 Å². The van der Waals surface area contributed by atoms with Gasteiger partial charge in [0, 0.05) is 19.1 Å². The van der Waals surface area contributed by atoms with E-state index < -0.39 is 29.0 Å². The molecule has 0 saturated heterocycles. The first-order chi connectivity index (χ1) is 17.2. The normalized spacial score (nSPS) is 18.0. The smallest absolute Gasteiger partial charge is 0.416 e. The molecular weight excluding hydrogens is 489 g/mol. The van der Waals surface area contributed by atoms with Crippen molar-refractivity contribution >= 4 is 28.6 Å². The first-order valence-corrected chi connectivity index (χ1v) is 13.1. The van der Waals surface area contributed by atoms with Gasteiger partial charge in [-0.3, -0.25) is 10.1 Å². The van der Waals surface area contributed by atoms with Crippen molar-refractivity contribution in [1.29, 1.82) is 0 Å². The van der Waals surface area contributed by atoms with Gasteiger partial charge in [0.25, 0.3) is 0 Å². The molecule has 2 N–H and O–H groups in total. The largest absolute Gasteiger partial charge is 0.612 e. The number of alkyl halides is 3. The standard InChI is InChI=1S/C26H25F3N4O2S/c1-36(35)21-9-10-22-17(12-21)13-31-24(22)25(34)32-23-11-8-20(14-30-23)33(19-6-7-19)15-16-2-4-18(5-3-16)26(27,28)29/h2-5,8-12,14,19,24,31H,6-7,13,15H2,1H3,(H,30,32,34). The van der Waals surface area contributed by atoms with Gasteiger partial charge in [-0.05, 0) is 77.1 Å². The topological polar surface area (TPSA) is 80.3 Å². The summed E-state index contributed by atoms with van der Waals surface area (Å²) in [6, 6.07) is 14.1. The minimum Gasteiger partial charge on any atom is -0.612 e. The van der Waals surface area contributed by atoms with Gasteiger partial charge in [0.15, 0.2) is 4.90 Å². The van der Waals surface area contributed by atoms with E-state index in [1.54, 1.807) is 24.6 Å². The number of hydrogen-bond donors (Lipinski definition) is 2. The quantitative estimate of drug-likeness (QED) is 0.443. The zero-order chi connectivity index (χ0) is 25.4. The lowest BCUT2D eigenvalue weighted by molar-refractivity contribution is -0.137. The number of carbonyl (C=O) groups excluding carboxylic acids is 1. The number of pyridine rings is 1. The van der Waals surface area contributed by atoms with Crippen molar-refractivity contribution < 1.29 is 22.5 Å². The number of nitrogens with one attached hydrogen (secondary N) is 2. The lowest BCUT2D eigenvalue weighted by Gasteiger charge is -2.25. The fraction of sp³-hybridized carbons (Fsp3) is 0.308. The Labute approximate surface area is 210 Å². The third kappa shape index (κ3) is 5.35. The monoisotopic (exact) mass is 514 g/mol. The Hall–Kier alpha value is -3.08. The molecule has 6 nitrogen and oxygen atoms in total. The van der Waals surface area contributed by atoms with E-state index in [4.69, 9.17) is 0 Å². The summed E-state index contributed by atoms with van der Waals surface area (Å²) in [7, 11) is 0. The third-order valence-electron chi connectivity index (χ3n) is 6.47. The SMILES string of the molecule is C[S+]([O-])c1ccc2c(c1)CNC2C(=O)Nc1ccc(N(Cc2ccc(C(F)(F)F)cc2)C2CC2)cn1. The Morgan fingerprint density at radius 2 is 1.92 bits per heavy atom. The average Bonchev–Trinajstić information content (AvgIpc) is 3.60. The minimum absolute atomic E-state index is 0.233. The van der Waals surface area contributed by atoms with Gasteiger partial charge in [0.05, 0.1) is 17.4 Å². The van der Waals surface area contributed by atoms with Crippen LogP contribution < -0.4 is 15.5 Å². The summed E-state index contributed by atoms with van der Waals surface area (Å²) >= 11 is -1.09. The second kappa shape index (κ2) is 9.76. The molecular formula is C26H25F3N4O2S. The Balaban J connectivity index is 1.25. The highest BCUT2D eigenvalue weighted by atomic mass is 32.2. The first kappa shape index (κ1) is 24.6. The van der Waals surface area contributed by atoms with E-state index in [1.807, 2.05) is 18.2 Å². The van der Waals surface area contributed by atoms with Gasteiger partial charge < -0.3 is 14.8 Å². The molecule has 1 saturated carbocycles. The minimum atomic E-state index is -4.35. The van der Waals surface area contributed by atoms with Gasteiger partial charge in [-0.2, -0.15) is 13.2 Å². The van der Waals surface area contributed by atoms with Crippen LogP contribution in [0.2, 0.25) is 0 Å². The molecule has 1 aliphatic heterocycles. The molecule has 0 spiro atoms. The van der Waals surface area contributed by atoms with Crippen molar-refractivity contribution in [2.45, 2.75) is 49.1 Å². The summed E-state index contributed by atoms with van der Waals surface area (Å²) in [4.78, 5) is 20.2. The zero-order valence-electron chi connectivity index (χ0n) is 19.5. The molecule has 5 rings (SSSR count). The molecule has 0 radical (unpaired) electrons. The predicted octanol–water partition coefficient (Wildman–Crippen LogP) is 4.79. The first-order valence-electron chi connectivity index (χ1n) is 11.6. The summed E-state index contributed by atoms with van der Waals surface area (Å²) in [5.41, 5.74) is 2.78. The van der Waals surface area contributed by atoms with Gasteiger partial charge >= 0.3 is 6.18 Å². The molecule has 2 aliphatic rings. The van der Waals surface area contributed by atoms with Gasteiger partial charge in [-0.1, -0.05) is 18.2 Å². The van der Waals surface area contributed by atoms with Crippen LogP contribution in [0.3, 0.4) is 0 Å². The Bertz CT molecular complexity index is 1250. The van der Waals surface area contributed by atoms with E-state index in [0.29, 0.717) is 24.9 Å². The second-order valence-electron chi connectivity index (χ2n) is 9.07. The highest BCUT2D eigenvalue weighted by molar-refractivity contribution is 7.90. The molecule has 2 unspecified atom stereocenters. The van der Waals surface area contributed by atoms with Gasteiger partial charge in [0.1, 0.15) is 18.1 Å². The summed E-state index contributed by atoms with van der Waals surface area (Å²) in [6.07, 6.45) is 0.973. The van der Waals surface area contributed by atoms with Crippen LogP contribution in [-0.4, -0.2) is 27.7 Å². The van der Waals surface area contributed by atoms with Crippen LogP contribution in [0.15, 0.2) is 65.7 Å². The van der Waals surface area contributed by atoms with E-state index >= 15 is 0 Å². The molecule has 1 fully saturated rings. The van der Waals surface area contributed by atoms with E-state index in [2.05, 4.69) is 20.5 Å². The molecule has 1 aliphatic carbocycles. The van der Waals surface area contributed by atoms with Crippen LogP contribution in [-0.2, 0) is 35.2 Å². The Kier molecular flexibility index (Phi) is 6.67. The maximum absolute atomic E-state index is 12.9. The molecule has 2 heterocycles. The van der Waals surface area contributed by atoms with Crippen LogP contribution >= 0.6 is 0 Å². The van der Waals surface area contributed by atoms with Gasteiger partial charge in [-0.15, -0.1) is 0 Å². The number of benzene rings is 2. The maximum Gasteiger partial charge on any atom is 0.416 e. The molecule has 1 aromatic heterocycles. The average molecular weight is 515 g/mol. The number of rotatable bonds is 7. The summed E-state index contributed by atoms with van der Waals surface area (Å²) < 4.78 is 50.3. The highest BCUT2D eigenvalue weighted by Gasteiger charge is 2.32. The summed E-state index contributed by atoms with van der Waals surface area (Å²) in [5.74, 6) is 0.179. The molecule has 188 valence electrons. The van der Waals surface area contributed by atoms with Crippen molar-refractivity contribution in [1.82, 2.24) is 10.3 Å². The lowest BCUT2D eigenvalue weighted by atomic mass is 10.0. The lowest BCUT2D eigenvalue weighted by Crippen LogP contribution is -2.28. The van der Waals surface area contributed by atoms with E-state index in [-0.39, 0.29) is 5.91 Å². The van der Waals surface area contributed by atoms with Crippen molar-refractivity contribution in [3.8, 4) is 0 Å². The number of carbonyl (C=O) groups is 1. The number of halogens is 3. The number of amides is 1. The van der Waals surface area contributed by atoms with Crippen molar-refractivity contribution in [2.24, 2.45) is 0 Å². The van der Waals surface area contributed by atoms with Crippen molar-refractivity contribution in [3.05, 3.63) is 83.0 Å². The Morgan fingerprint density at radius 1 is 1.17 bits per heavy atom. The maximum atomic E-state index is 12.9. The van der Waals surface area contributed by atoms with Crippen molar-refractivity contribution in [3.63, 3.8) is 0 Å². The fourth-order valence-electron chi connectivity index (χ4n) is 4.39. The number of hydrogen-bond acceptors (Lipinski definition) is 5. The fourth-order valence-corrected chi connectivity index (χ4v) is 4.96. The van der Waals surface area contributed by atoms with Crippen LogP contribution in [0.1, 0.15) is 41.1 Å². The van der Waals surface area contributed by atoms with Gasteiger partial charge in [-0.25, -0.2) is 4.98 Å². The van der Waals surface area contributed by atoms with E-state index in [1.165, 1.54) is 12.1 Å². The summed E-state index contributed by atoms with van der Waals surface area (Å²) in [6.45, 7) is 0.995. The van der Waals surface area contributed by atoms with Crippen LogP contribution in [0.5, 0.6) is 0 Å². The van der Waals surface area contributed by atoms with Crippen LogP contribution in [0, 0.1) is 0 Å². The molecule has 2 atom stereocenters. The number of fused-ring (bicyclic) bond motifs is 1. The summed E-state index contributed by atoms with van der Waals surface area (Å²) in [5, 5.41) is 6.03. The molecule has 0 bridgehead atoms. The third-order valence-corrected chi connectivity index (χ3v) is 7.39. The van der Waals surface area contributed by atoms with E-state index in [0.717, 1.165) is 52.2 Å². The highest BCUT2D eigenvalue weighted by Crippen LogP contribution is 2.34. The number of nitrogens with zero attached hydrogens (tertiary/aromatic N) is 2. The van der Waals surface area contributed by atoms with Crippen LogP contribution in [0.25, 0.3) is 0 Å². The number of aromatic nitrogens is 1. The van der Waals surface area contributed by atoms with E-state index in [9.17, 15) is 22.5 Å². The predicted molar refractivity (Wildman–Crippen MR) is 132 cm³/mol. The Morgan fingerprint density at radius 3 is 2.53 bits per heavy atom. The molecule has 3 aromatic rings. The van der Waals surface area contributed by atoms with Crippen molar-refractivity contribution in [2.75, 3.05) is 16.5 Å². The van der Waals surface area contributed by atoms with Gasteiger partial charge in [0.2, 0.25) is 5.91 Å². The molecule has 36 heavy (non-hydrogen) atoms.